The maximum absolute atomic E-state index is 12.9. The van der Waals surface area contributed by atoms with Crippen LogP contribution >= 0.6 is 13.5 Å². The average Bonchev–Trinajstić information content (AvgIpc) is 2.92. The van der Waals surface area contributed by atoms with E-state index in [1.807, 2.05) is 23.1 Å². The fraction of sp³-hybridized carbons (Fsp3) is 0.367. The van der Waals surface area contributed by atoms with Crippen molar-refractivity contribution < 1.29 is 9.53 Å². The Bertz CT molecular complexity index is 986. The first-order valence-electron chi connectivity index (χ1n) is 12.6. The van der Waals surface area contributed by atoms with Gasteiger partial charge >= 0.3 is 6.09 Å². The molecular weight excluding hydrogens is 466 g/mol. The smallest absolute Gasteiger partial charge is 0.409 e. The number of nitrogens with zero attached hydrogens (tertiary/aromatic N) is 3. The second-order valence-electron chi connectivity index (χ2n) is 9.47. The number of likely N-dealkylation sites (tertiary alicyclic amines) is 1. The Morgan fingerprint density at radius 1 is 0.861 bits per heavy atom. The van der Waals surface area contributed by atoms with Gasteiger partial charge in [-0.3, -0.25) is 4.90 Å². The summed E-state index contributed by atoms with van der Waals surface area (Å²) in [4.78, 5) is 19.4. The lowest BCUT2D eigenvalue weighted by Crippen LogP contribution is -2.46. The topological polar surface area (TPSA) is 36.0 Å². The molecular formula is C30H39N3O2S. The van der Waals surface area contributed by atoms with E-state index in [-0.39, 0.29) is 25.6 Å². The Hall–Kier alpha value is -2.96. The van der Waals surface area contributed by atoms with Crippen LogP contribution in [0.4, 0.5) is 10.5 Å². The summed E-state index contributed by atoms with van der Waals surface area (Å²) in [5.41, 5.74) is 3.73. The number of anilines is 1. The third-order valence-corrected chi connectivity index (χ3v) is 6.96. The van der Waals surface area contributed by atoms with Crippen LogP contribution in [0, 0.1) is 0 Å². The normalized spacial score (nSPS) is 14.7. The minimum Gasteiger partial charge on any atom is -0.448 e. The van der Waals surface area contributed by atoms with Crippen molar-refractivity contribution in [2.75, 3.05) is 31.6 Å². The molecule has 0 saturated carbocycles. The molecule has 1 aliphatic heterocycles. The molecule has 36 heavy (non-hydrogen) atoms. The number of amides is 1. The zero-order valence-electron chi connectivity index (χ0n) is 21.4. The Labute approximate surface area is 223 Å². The molecule has 3 aromatic rings. The van der Waals surface area contributed by atoms with Gasteiger partial charge in [0, 0.05) is 51.0 Å². The fourth-order valence-electron chi connectivity index (χ4n) is 4.70. The predicted molar refractivity (Wildman–Crippen MR) is 153 cm³/mol. The van der Waals surface area contributed by atoms with E-state index in [1.54, 1.807) is 0 Å². The maximum atomic E-state index is 12.9. The van der Waals surface area contributed by atoms with Crippen molar-refractivity contribution in [3.8, 4) is 0 Å². The molecule has 0 unspecified atom stereocenters. The predicted octanol–water partition coefficient (Wildman–Crippen LogP) is 5.93. The molecule has 0 N–H and O–H groups in total. The highest BCUT2D eigenvalue weighted by Gasteiger charge is 2.27. The Kier molecular flexibility index (Phi) is 10.7. The summed E-state index contributed by atoms with van der Waals surface area (Å²) >= 11 is 0. The molecule has 1 heterocycles. The van der Waals surface area contributed by atoms with Gasteiger partial charge in [-0.2, -0.15) is 13.5 Å². The molecule has 3 aromatic carbocycles. The van der Waals surface area contributed by atoms with Gasteiger partial charge in [0.25, 0.3) is 0 Å². The number of ether oxygens (including phenoxy) is 1. The number of piperidine rings is 1. The van der Waals surface area contributed by atoms with Crippen molar-refractivity contribution in [3.63, 3.8) is 0 Å². The largest absolute Gasteiger partial charge is 0.448 e. The number of hydrogen-bond donors (Lipinski definition) is 0. The first-order chi connectivity index (χ1) is 17.1. The van der Waals surface area contributed by atoms with E-state index in [2.05, 4.69) is 96.6 Å². The van der Waals surface area contributed by atoms with Crippen molar-refractivity contribution in [1.29, 1.82) is 0 Å². The Balaban J connectivity index is 0.00000361. The van der Waals surface area contributed by atoms with Gasteiger partial charge in [0.15, 0.2) is 0 Å². The Morgan fingerprint density at radius 3 is 1.83 bits per heavy atom. The summed E-state index contributed by atoms with van der Waals surface area (Å²) in [5.74, 6) is 0. The van der Waals surface area contributed by atoms with Gasteiger partial charge in [-0.05, 0) is 43.0 Å². The molecule has 192 valence electrons. The molecule has 6 heteroatoms. The molecule has 0 spiro atoms. The molecule has 5 nitrogen and oxygen atoms in total. The van der Waals surface area contributed by atoms with E-state index in [0.717, 1.165) is 39.0 Å². The summed E-state index contributed by atoms with van der Waals surface area (Å²) in [6, 6.07) is 31.9. The van der Waals surface area contributed by atoms with Gasteiger partial charge in [0.1, 0.15) is 6.61 Å². The first-order valence-corrected chi connectivity index (χ1v) is 12.6. The van der Waals surface area contributed by atoms with Crippen LogP contribution in [0.3, 0.4) is 0 Å². The molecule has 1 aliphatic rings. The zero-order valence-corrected chi connectivity index (χ0v) is 22.4. The number of rotatable bonds is 9. The number of carbonyl (C=O) groups excluding carboxylic acids is 1. The highest BCUT2D eigenvalue weighted by Crippen LogP contribution is 2.22. The van der Waals surface area contributed by atoms with Crippen LogP contribution in [-0.4, -0.2) is 54.7 Å². The quantitative estimate of drug-likeness (QED) is 0.361. The number of para-hydroxylation sites is 1. The van der Waals surface area contributed by atoms with Crippen LogP contribution < -0.4 is 4.90 Å². The van der Waals surface area contributed by atoms with Crippen molar-refractivity contribution in [2.24, 2.45) is 0 Å². The van der Waals surface area contributed by atoms with Gasteiger partial charge in [-0.1, -0.05) is 78.9 Å². The first kappa shape index (κ1) is 27.6. The third kappa shape index (κ3) is 7.77. The van der Waals surface area contributed by atoms with Crippen LogP contribution in [0.1, 0.15) is 30.9 Å². The van der Waals surface area contributed by atoms with Crippen molar-refractivity contribution >= 4 is 25.3 Å². The summed E-state index contributed by atoms with van der Waals surface area (Å²) < 4.78 is 5.81. The minimum atomic E-state index is -0.197. The van der Waals surface area contributed by atoms with Crippen molar-refractivity contribution in [2.45, 2.75) is 44.9 Å². The fourth-order valence-corrected chi connectivity index (χ4v) is 4.70. The van der Waals surface area contributed by atoms with Gasteiger partial charge in [0.2, 0.25) is 0 Å². The SMILES string of the molecule is C[C@@H](COC(=O)N1CCC(N(C)c2ccccc2)CC1)N(Cc1ccccc1)Cc1ccccc1.S. The molecule has 0 aliphatic carbocycles. The maximum Gasteiger partial charge on any atom is 0.409 e. The van der Waals surface area contributed by atoms with Crippen LogP contribution in [-0.2, 0) is 17.8 Å². The van der Waals surface area contributed by atoms with Gasteiger partial charge in [-0.25, -0.2) is 4.79 Å². The number of hydrogen-bond acceptors (Lipinski definition) is 4. The summed E-state index contributed by atoms with van der Waals surface area (Å²) in [6.45, 7) is 5.60. The van der Waals surface area contributed by atoms with E-state index >= 15 is 0 Å². The minimum absolute atomic E-state index is 0. The Morgan fingerprint density at radius 2 is 1.33 bits per heavy atom. The zero-order chi connectivity index (χ0) is 24.5. The van der Waals surface area contributed by atoms with E-state index in [4.69, 9.17) is 4.74 Å². The molecule has 1 fully saturated rings. The standard InChI is InChI=1S/C30H37N3O2.H2S/c1-25(33(22-26-12-6-3-7-13-26)23-27-14-8-4-9-15-27)24-35-30(34)32-20-18-29(19-21-32)31(2)28-16-10-5-11-17-28;/h3-17,25,29H,18-24H2,1-2H3;1H2/t25-;/m0./s1. The lowest BCUT2D eigenvalue weighted by molar-refractivity contribution is 0.0589. The average molecular weight is 506 g/mol. The summed E-state index contributed by atoms with van der Waals surface area (Å²) in [5, 5.41) is 0. The molecule has 1 amide bonds. The summed E-state index contributed by atoms with van der Waals surface area (Å²) in [6.07, 6.45) is 1.70. The van der Waals surface area contributed by atoms with Crippen LogP contribution in [0.15, 0.2) is 91.0 Å². The van der Waals surface area contributed by atoms with Gasteiger partial charge in [-0.15, -0.1) is 0 Å². The van der Waals surface area contributed by atoms with E-state index < -0.39 is 0 Å². The molecule has 4 rings (SSSR count). The molecule has 1 atom stereocenters. The lowest BCUT2D eigenvalue weighted by Gasteiger charge is -2.37. The molecule has 0 bridgehead atoms. The monoisotopic (exact) mass is 505 g/mol. The van der Waals surface area contributed by atoms with E-state index in [0.29, 0.717) is 12.6 Å². The second-order valence-corrected chi connectivity index (χ2v) is 9.47. The van der Waals surface area contributed by atoms with Crippen LogP contribution in [0.2, 0.25) is 0 Å². The van der Waals surface area contributed by atoms with Crippen LogP contribution in [0.5, 0.6) is 0 Å². The van der Waals surface area contributed by atoms with E-state index in [9.17, 15) is 4.79 Å². The highest BCUT2D eigenvalue weighted by molar-refractivity contribution is 7.59. The van der Waals surface area contributed by atoms with Crippen molar-refractivity contribution in [1.82, 2.24) is 9.80 Å². The number of carbonyl (C=O) groups is 1. The lowest BCUT2D eigenvalue weighted by atomic mass is 10.0. The summed E-state index contributed by atoms with van der Waals surface area (Å²) in [7, 11) is 2.14. The van der Waals surface area contributed by atoms with Crippen LogP contribution in [0.25, 0.3) is 0 Å². The second kappa shape index (κ2) is 14.0. The molecule has 1 saturated heterocycles. The van der Waals surface area contributed by atoms with Gasteiger partial charge < -0.3 is 14.5 Å². The third-order valence-electron chi connectivity index (χ3n) is 6.96. The van der Waals surface area contributed by atoms with Crippen molar-refractivity contribution in [3.05, 3.63) is 102 Å². The van der Waals surface area contributed by atoms with E-state index in [1.165, 1.54) is 16.8 Å². The molecule has 0 radical (unpaired) electrons. The highest BCUT2D eigenvalue weighted by atomic mass is 32.1. The molecule has 0 aromatic heterocycles. The number of benzene rings is 3. The van der Waals surface area contributed by atoms with Gasteiger partial charge in [0.05, 0.1) is 0 Å².